The second-order valence-electron chi connectivity index (χ2n) is 5.95. The maximum absolute atomic E-state index is 12.6. The summed E-state index contributed by atoms with van der Waals surface area (Å²) >= 11 is 0. The van der Waals surface area contributed by atoms with Gasteiger partial charge in [0.1, 0.15) is 11.3 Å². The number of para-hydroxylation sites is 1. The SMILES string of the molecule is CC[C@H](Oc1ccccc1)C(=O)NC1(C(=O)OC)CCCCC1. The number of esters is 1. The summed E-state index contributed by atoms with van der Waals surface area (Å²) in [5, 5.41) is 2.92. The lowest BCUT2D eigenvalue weighted by Crippen LogP contribution is -2.58. The van der Waals surface area contributed by atoms with E-state index in [-0.39, 0.29) is 11.9 Å². The Balaban J connectivity index is 2.08. The monoisotopic (exact) mass is 319 g/mol. The highest BCUT2D eigenvalue weighted by atomic mass is 16.5. The molecule has 126 valence electrons. The fourth-order valence-corrected chi connectivity index (χ4v) is 3.03. The molecule has 1 N–H and O–H groups in total. The van der Waals surface area contributed by atoms with E-state index in [2.05, 4.69) is 5.32 Å². The molecule has 1 aromatic rings. The quantitative estimate of drug-likeness (QED) is 0.819. The van der Waals surface area contributed by atoms with Crippen LogP contribution in [0.15, 0.2) is 30.3 Å². The number of benzene rings is 1. The molecule has 1 aliphatic carbocycles. The average Bonchev–Trinajstić information content (AvgIpc) is 2.60. The molecule has 1 atom stereocenters. The Morgan fingerprint density at radius 2 is 1.83 bits per heavy atom. The van der Waals surface area contributed by atoms with Crippen LogP contribution in [0.25, 0.3) is 0 Å². The Bertz CT molecular complexity index is 523. The van der Waals surface area contributed by atoms with Gasteiger partial charge in [-0.1, -0.05) is 44.4 Å². The largest absolute Gasteiger partial charge is 0.481 e. The van der Waals surface area contributed by atoms with Crippen molar-refractivity contribution in [2.75, 3.05) is 7.11 Å². The number of carbonyl (C=O) groups is 2. The van der Waals surface area contributed by atoms with E-state index >= 15 is 0 Å². The normalized spacial score (nSPS) is 17.8. The summed E-state index contributed by atoms with van der Waals surface area (Å²) in [7, 11) is 1.36. The van der Waals surface area contributed by atoms with E-state index in [1.54, 1.807) is 0 Å². The molecule has 0 saturated heterocycles. The summed E-state index contributed by atoms with van der Waals surface area (Å²) < 4.78 is 10.7. The second kappa shape index (κ2) is 7.99. The molecule has 2 rings (SSSR count). The number of carbonyl (C=O) groups excluding carboxylic acids is 2. The van der Waals surface area contributed by atoms with Crippen LogP contribution >= 0.6 is 0 Å². The minimum absolute atomic E-state index is 0.261. The summed E-state index contributed by atoms with van der Waals surface area (Å²) in [5.74, 6) is 0.0222. The lowest BCUT2D eigenvalue weighted by molar-refractivity contribution is -0.153. The third-order valence-corrected chi connectivity index (χ3v) is 4.33. The van der Waals surface area contributed by atoms with Gasteiger partial charge >= 0.3 is 5.97 Å². The molecule has 0 spiro atoms. The van der Waals surface area contributed by atoms with E-state index in [0.29, 0.717) is 25.0 Å². The molecule has 1 aromatic carbocycles. The average molecular weight is 319 g/mol. The van der Waals surface area contributed by atoms with Gasteiger partial charge in [0.2, 0.25) is 0 Å². The zero-order valence-corrected chi connectivity index (χ0v) is 13.8. The van der Waals surface area contributed by atoms with Gasteiger partial charge in [-0.3, -0.25) is 4.79 Å². The van der Waals surface area contributed by atoms with Crippen LogP contribution in [0.3, 0.4) is 0 Å². The van der Waals surface area contributed by atoms with Crippen molar-refractivity contribution in [2.24, 2.45) is 0 Å². The van der Waals surface area contributed by atoms with Gasteiger partial charge in [-0.25, -0.2) is 4.79 Å². The lowest BCUT2D eigenvalue weighted by atomic mass is 9.81. The molecule has 5 heteroatoms. The molecular weight excluding hydrogens is 294 g/mol. The Kier molecular flexibility index (Phi) is 6.02. The lowest BCUT2D eigenvalue weighted by Gasteiger charge is -2.36. The highest BCUT2D eigenvalue weighted by molar-refractivity contribution is 5.90. The fraction of sp³-hybridized carbons (Fsp3) is 0.556. The zero-order chi connectivity index (χ0) is 16.7. The minimum Gasteiger partial charge on any atom is -0.481 e. The van der Waals surface area contributed by atoms with Gasteiger partial charge in [0.15, 0.2) is 6.10 Å². The van der Waals surface area contributed by atoms with Crippen LogP contribution in [0.4, 0.5) is 0 Å². The van der Waals surface area contributed by atoms with Crippen LogP contribution in [0.5, 0.6) is 5.75 Å². The van der Waals surface area contributed by atoms with Crippen molar-refractivity contribution in [3.63, 3.8) is 0 Å². The highest BCUT2D eigenvalue weighted by Crippen LogP contribution is 2.29. The Hall–Kier alpha value is -2.04. The summed E-state index contributed by atoms with van der Waals surface area (Å²) in [6.07, 6.45) is 4.03. The van der Waals surface area contributed by atoms with Crippen molar-refractivity contribution in [3.05, 3.63) is 30.3 Å². The van der Waals surface area contributed by atoms with E-state index in [9.17, 15) is 9.59 Å². The first-order chi connectivity index (χ1) is 11.1. The summed E-state index contributed by atoms with van der Waals surface area (Å²) in [6, 6.07) is 9.23. The molecule has 1 saturated carbocycles. The molecule has 1 fully saturated rings. The van der Waals surface area contributed by atoms with Gasteiger partial charge in [-0.05, 0) is 31.4 Å². The van der Waals surface area contributed by atoms with Gasteiger partial charge in [-0.2, -0.15) is 0 Å². The van der Waals surface area contributed by atoms with Gasteiger partial charge in [0.05, 0.1) is 7.11 Å². The summed E-state index contributed by atoms with van der Waals surface area (Å²) in [4.78, 5) is 24.8. The molecule has 0 radical (unpaired) electrons. The maximum Gasteiger partial charge on any atom is 0.331 e. The van der Waals surface area contributed by atoms with Gasteiger partial charge < -0.3 is 14.8 Å². The van der Waals surface area contributed by atoms with Crippen molar-refractivity contribution in [2.45, 2.75) is 57.1 Å². The number of amides is 1. The van der Waals surface area contributed by atoms with Crippen molar-refractivity contribution in [3.8, 4) is 5.75 Å². The first-order valence-electron chi connectivity index (χ1n) is 8.23. The predicted octanol–water partition coefficient (Wildman–Crippen LogP) is 2.84. The van der Waals surface area contributed by atoms with Crippen LogP contribution in [0, 0.1) is 0 Å². The number of hydrogen-bond acceptors (Lipinski definition) is 4. The number of rotatable bonds is 6. The Labute approximate surface area is 137 Å². The van der Waals surface area contributed by atoms with Gasteiger partial charge in [0.25, 0.3) is 5.91 Å². The van der Waals surface area contributed by atoms with E-state index in [4.69, 9.17) is 9.47 Å². The summed E-state index contributed by atoms with van der Waals surface area (Å²) in [6.45, 7) is 1.89. The fourth-order valence-electron chi connectivity index (χ4n) is 3.03. The van der Waals surface area contributed by atoms with E-state index in [1.807, 2.05) is 37.3 Å². The summed E-state index contributed by atoms with van der Waals surface area (Å²) in [5.41, 5.74) is -0.905. The van der Waals surface area contributed by atoms with Crippen LogP contribution in [0.2, 0.25) is 0 Å². The molecule has 0 aromatic heterocycles. The molecule has 5 nitrogen and oxygen atoms in total. The first-order valence-corrected chi connectivity index (χ1v) is 8.23. The molecule has 1 aliphatic rings. The third kappa shape index (κ3) is 4.24. The van der Waals surface area contributed by atoms with Crippen LogP contribution in [-0.2, 0) is 14.3 Å². The van der Waals surface area contributed by atoms with E-state index in [0.717, 1.165) is 19.3 Å². The molecule has 0 unspecified atom stereocenters. The van der Waals surface area contributed by atoms with Crippen LogP contribution in [0.1, 0.15) is 45.4 Å². The number of ether oxygens (including phenoxy) is 2. The van der Waals surface area contributed by atoms with E-state index < -0.39 is 11.6 Å². The molecule has 0 heterocycles. The van der Waals surface area contributed by atoms with Gasteiger partial charge in [0, 0.05) is 0 Å². The molecule has 1 amide bonds. The van der Waals surface area contributed by atoms with Crippen LogP contribution < -0.4 is 10.1 Å². The highest BCUT2D eigenvalue weighted by Gasteiger charge is 2.43. The Morgan fingerprint density at radius 3 is 2.39 bits per heavy atom. The van der Waals surface area contributed by atoms with Crippen LogP contribution in [-0.4, -0.2) is 30.6 Å². The first kappa shape index (κ1) is 17.3. The predicted molar refractivity (Wildman–Crippen MR) is 87.1 cm³/mol. The minimum atomic E-state index is -0.905. The Morgan fingerprint density at radius 1 is 1.17 bits per heavy atom. The second-order valence-corrected chi connectivity index (χ2v) is 5.95. The smallest absolute Gasteiger partial charge is 0.331 e. The molecular formula is C18H25NO4. The maximum atomic E-state index is 12.6. The molecule has 23 heavy (non-hydrogen) atoms. The van der Waals surface area contributed by atoms with Crippen molar-refractivity contribution < 1.29 is 19.1 Å². The molecule has 0 aliphatic heterocycles. The van der Waals surface area contributed by atoms with Gasteiger partial charge in [-0.15, -0.1) is 0 Å². The van der Waals surface area contributed by atoms with Crippen molar-refractivity contribution in [1.82, 2.24) is 5.32 Å². The number of methoxy groups -OCH3 is 1. The third-order valence-electron chi connectivity index (χ3n) is 4.33. The standard InChI is InChI=1S/C18H25NO4/c1-3-15(23-14-10-6-4-7-11-14)16(20)19-18(17(21)22-2)12-8-5-9-13-18/h4,6-7,10-11,15H,3,5,8-9,12-13H2,1-2H3,(H,19,20)/t15-/m0/s1. The van der Waals surface area contributed by atoms with Crippen molar-refractivity contribution >= 4 is 11.9 Å². The number of nitrogens with one attached hydrogen (secondary N) is 1. The van der Waals surface area contributed by atoms with Crippen molar-refractivity contribution in [1.29, 1.82) is 0 Å². The topological polar surface area (TPSA) is 64.6 Å². The zero-order valence-electron chi connectivity index (χ0n) is 13.8. The number of hydrogen-bond donors (Lipinski definition) is 1. The molecule has 0 bridgehead atoms. The van der Waals surface area contributed by atoms with E-state index in [1.165, 1.54) is 7.11 Å².